The first kappa shape index (κ1) is 12.4. The molecule has 3 nitrogen and oxygen atoms in total. The molecule has 3 rings (SSSR count). The first-order valence-electron chi connectivity index (χ1n) is 6.35. The molecule has 1 fully saturated rings. The van der Waals surface area contributed by atoms with Crippen LogP contribution in [0.1, 0.15) is 39.8 Å². The van der Waals surface area contributed by atoms with E-state index in [9.17, 15) is 4.79 Å². The molecule has 0 aliphatic heterocycles. The fourth-order valence-electron chi connectivity index (χ4n) is 1.98. The molecule has 1 heterocycles. The molecule has 0 unspecified atom stereocenters. The maximum atomic E-state index is 11.9. The normalized spacial score (nSPS) is 14.4. The summed E-state index contributed by atoms with van der Waals surface area (Å²) < 4.78 is 4.84. The highest BCUT2D eigenvalue weighted by molar-refractivity contribution is 7.15. The molecule has 0 amide bonds. The SMILES string of the molecule is COC(=O)c1nc(C2CC2)sc1-c1ccc(C)cc1. The van der Waals surface area contributed by atoms with Crippen molar-refractivity contribution in [1.29, 1.82) is 0 Å². The number of hydrogen-bond acceptors (Lipinski definition) is 4. The molecular weight excluding hydrogens is 258 g/mol. The lowest BCUT2D eigenvalue weighted by Gasteiger charge is -2.01. The van der Waals surface area contributed by atoms with Gasteiger partial charge in [0.05, 0.1) is 17.0 Å². The standard InChI is InChI=1S/C15H15NO2S/c1-9-3-5-10(6-4-9)13-12(15(17)18-2)16-14(19-13)11-7-8-11/h3-6,11H,7-8H2,1-2H3. The third-order valence-corrected chi connectivity index (χ3v) is 4.53. The molecule has 1 saturated carbocycles. The van der Waals surface area contributed by atoms with Crippen molar-refractivity contribution in [2.75, 3.05) is 7.11 Å². The van der Waals surface area contributed by atoms with Gasteiger partial charge in [0.1, 0.15) is 0 Å². The molecule has 19 heavy (non-hydrogen) atoms. The molecule has 1 aliphatic rings. The van der Waals surface area contributed by atoms with Gasteiger partial charge in [-0.15, -0.1) is 11.3 Å². The number of benzene rings is 1. The molecule has 1 aliphatic carbocycles. The van der Waals surface area contributed by atoms with Crippen LogP contribution in [-0.4, -0.2) is 18.1 Å². The van der Waals surface area contributed by atoms with Gasteiger partial charge >= 0.3 is 5.97 Å². The summed E-state index contributed by atoms with van der Waals surface area (Å²) in [5.41, 5.74) is 2.70. The molecule has 1 aromatic carbocycles. The van der Waals surface area contributed by atoms with E-state index in [2.05, 4.69) is 4.98 Å². The Bertz CT molecular complexity index is 612. The summed E-state index contributed by atoms with van der Waals surface area (Å²) in [6.07, 6.45) is 2.36. The van der Waals surface area contributed by atoms with Gasteiger partial charge in [0.25, 0.3) is 0 Å². The topological polar surface area (TPSA) is 39.2 Å². The molecule has 0 spiro atoms. The highest BCUT2D eigenvalue weighted by atomic mass is 32.1. The van der Waals surface area contributed by atoms with Gasteiger partial charge in [-0.3, -0.25) is 0 Å². The molecule has 2 aromatic rings. The number of carbonyl (C=O) groups excluding carboxylic acids is 1. The molecule has 98 valence electrons. The van der Waals surface area contributed by atoms with Crippen molar-refractivity contribution in [3.8, 4) is 10.4 Å². The smallest absolute Gasteiger partial charge is 0.358 e. The molecule has 4 heteroatoms. The summed E-state index contributed by atoms with van der Waals surface area (Å²) in [5.74, 6) is 0.200. The van der Waals surface area contributed by atoms with E-state index < -0.39 is 0 Å². The Hall–Kier alpha value is -1.68. The number of methoxy groups -OCH3 is 1. The Morgan fingerprint density at radius 2 is 2.00 bits per heavy atom. The van der Waals surface area contributed by atoms with Gasteiger partial charge in [0, 0.05) is 5.92 Å². The highest BCUT2D eigenvalue weighted by Gasteiger charge is 2.30. The first-order valence-corrected chi connectivity index (χ1v) is 7.16. The Labute approximate surface area is 116 Å². The predicted octanol–water partition coefficient (Wildman–Crippen LogP) is 3.78. The van der Waals surface area contributed by atoms with Gasteiger partial charge in [-0.25, -0.2) is 9.78 Å². The summed E-state index contributed by atoms with van der Waals surface area (Å²) in [6.45, 7) is 2.05. The van der Waals surface area contributed by atoms with Crippen molar-refractivity contribution in [3.05, 3.63) is 40.5 Å². The van der Waals surface area contributed by atoms with E-state index in [1.54, 1.807) is 11.3 Å². The third-order valence-electron chi connectivity index (χ3n) is 3.26. The summed E-state index contributed by atoms with van der Waals surface area (Å²) >= 11 is 1.62. The van der Waals surface area contributed by atoms with E-state index >= 15 is 0 Å². The monoisotopic (exact) mass is 273 g/mol. The van der Waals surface area contributed by atoms with Crippen molar-refractivity contribution in [3.63, 3.8) is 0 Å². The van der Waals surface area contributed by atoms with Crippen LogP contribution in [0.4, 0.5) is 0 Å². The van der Waals surface area contributed by atoms with Gasteiger partial charge in [0.15, 0.2) is 5.69 Å². The Balaban J connectivity index is 2.07. The van der Waals surface area contributed by atoms with Crippen molar-refractivity contribution in [2.45, 2.75) is 25.7 Å². The van der Waals surface area contributed by atoms with Crippen LogP contribution in [0.5, 0.6) is 0 Å². The third kappa shape index (κ3) is 2.40. The van der Waals surface area contributed by atoms with Gasteiger partial charge in [-0.2, -0.15) is 0 Å². The van der Waals surface area contributed by atoms with Crippen molar-refractivity contribution in [1.82, 2.24) is 4.98 Å². The minimum Gasteiger partial charge on any atom is -0.464 e. The number of rotatable bonds is 3. The molecule has 0 saturated heterocycles. The second kappa shape index (κ2) is 4.78. The fourth-order valence-corrected chi connectivity index (χ4v) is 3.21. The van der Waals surface area contributed by atoms with E-state index in [-0.39, 0.29) is 5.97 Å². The summed E-state index contributed by atoms with van der Waals surface area (Å²) in [5, 5.41) is 1.07. The van der Waals surface area contributed by atoms with Crippen LogP contribution in [0.15, 0.2) is 24.3 Å². The number of carbonyl (C=O) groups is 1. The second-order valence-corrected chi connectivity index (χ2v) is 5.89. The van der Waals surface area contributed by atoms with Crippen LogP contribution in [0.2, 0.25) is 0 Å². The molecule has 1 aromatic heterocycles. The zero-order chi connectivity index (χ0) is 13.4. The number of aryl methyl sites for hydroxylation is 1. The molecule has 0 radical (unpaired) electrons. The van der Waals surface area contributed by atoms with Crippen LogP contribution in [-0.2, 0) is 4.74 Å². The van der Waals surface area contributed by atoms with Crippen LogP contribution in [0.25, 0.3) is 10.4 Å². The average molecular weight is 273 g/mol. The number of esters is 1. The van der Waals surface area contributed by atoms with E-state index in [0.29, 0.717) is 11.6 Å². The van der Waals surface area contributed by atoms with Crippen LogP contribution < -0.4 is 0 Å². The summed E-state index contributed by atoms with van der Waals surface area (Å²) in [7, 11) is 1.40. The van der Waals surface area contributed by atoms with E-state index in [1.807, 2.05) is 31.2 Å². The quantitative estimate of drug-likeness (QED) is 0.799. The van der Waals surface area contributed by atoms with Crippen LogP contribution in [0, 0.1) is 6.92 Å². The number of ether oxygens (including phenoxy) is 1. The Kier molecular flexibility index (Phi) is 3.11. The minimum atomic E-state index is -0.348. The summed E-state index contributed by atoms with van der Waals surface area (Å²) in [6, 6.07) is 8.16. The number of thiazole rings is 1. The van der Waals surface area contributed by atoms with Crippen molar-refractivity contribution < 1.29 is 9.53 Å². The minimum absolute atomic E-state index is 0.348. The van der Waals surface area contributed by atoms with E-state index in [4.69, 9.17) is 4.74 Å². The van der Waals surface area contributed by atoms with E-state index in [1.165, 1.54) is 25.5 Å². The van der Waals surface area contributed by atoms with Crippen LogP contribution in [0.3, 0.4) is 0 Å². The first-order chi connectivity index (χ1) is 9.19. The second-order valence-electron chi connectivity index (χ2n) is 4.86. The van der Waals surface area contributed by atoms with E-state index in [0.717, 1.165) is 15.4 Å². The lowest BCUT2D eigenvalue weighted by atomic mass is 10.1. The van der Waals surface area contributed by atoms with Gasteiger partial charge in [0.2, 0.25) is 0 Å². The molecular formula is C15H15NO2S. The maximum absolute atomic E-state index is 11.9. The summed E-state index contributed by atoms with van der Waals surface area (Å²) in [4.78, 5) is 17.3. The molecule has 0 bridgehead atoms. The largest absolute Gasteiger partial charge is 0.464 e. The van der Waals surface area contributed by atoms with Gasteiger partial charge in [-0.1, -0.05) is 29.8 Å². The maximum Gasteiger partial charge on any atom is 0.358 e. The van der Waals surface area contributed by atoms with Gasteiger partial charge < -0.3 is 4.74 Å². The number of nitrogens with zero attached hydrogens (tertiary/aromatic N) is 1. The number of aromatic nitrogens is 1. The van der Waals surface area contributed by atoms with Crippen molar-refractivity contribution in [2.24, 2.45) is 0 Å². The van der Waals surface area contributed by atoms with Crippen molar-refractivity contribution >= 4 is 17.3 Å². The Morgan fingerprint density at radius 3 is 2.58 bits per heavy atom. The zero-order valence-corrected chi connectivity index (χ0v) is 11.8. The molecule has 0 N–H and O–H groups in total. The lowest BCUT2D eigenvalue weighted by molar-refractivity contribution is 0.0595. The van der Waals surface area contributed by atoms with Crippen LogP contribution >= 0.6 is 11.3 Å². The predicted molar refractivity (Wildman–Crippen MR) is 75.6 cm³/mol. The van der Waals surface area contributed by atoms with Gasteiger partial charge in [-0.05, 0) is 25.3 Å². The number of hydrogen-bond donors (Lipinski definition) is 0. The zero-order valence-electron chi connectivity index (χ0n) is 11.0. The Morgan fingerprint density at radius 1 is 1.32 bits per heavy atom. The molecule has 0 atom stereocenters. The lowest BCUT2D eigenvalue weighted by Crippen LogP contribution is -2.03. The average Bonchev–Trinajstić information content (AvgIpc) is 3.18. The fraction of sp³-hybridized carbons (Fsp3) is 0.333. The highest BCUT2D eigenvalue weighted by Crippen LogP contribution is 2.44.